The van der Waals surface area contributed by atoms with Gasteiger partial charge in [0.1, 0.15) is 18.0 Å². The summed E-state index contributed by atoms with van der Waals surface area (Å²) in [6.07, 6.45) is -1.59. The molecule has 0 spiro atoms. The van der Waals surface area contributed by atoms with Crippen molar-refractivity contribution in [2.45, 2.75) is 25.7 Å². The molecule has 0 aliphatic heterocycles. The zero-order valence-electron chi connectivity index (χ0n) is 18.2. The zero-order chi connectivity index (χ0) is 24.3. The summed E-state index contributed by atoms with van der Waals surface area (Å²) in [5.41, 5.74) is 3.09. The molecule has 178 valence electrons. The number of hydrogen-bond donors (Lipinski definition) is 1. The van der Waals surface area contributed by atoms with Gasteiger partial charge in [0, 0.05) is 30.6 Å². The molecular formula is C24H22F3N3O4. The molecule has 0 aliphatic rings. The second-order valence-corrected chi connectivity index (χ2v) is 7.73. The average molecular weight is 473 g/mol. The first kappa shape index (κ1) is 23.2. The summed E-state index contributed by atoms with van der Waals surface area (Å²) >= 11 is 0. The number of hydrogen-bond acceptors (Lipinski definition) is 4. The number of aromatic nitrogens is 3. The largest absolute Gasteiger partial charge is 0.573 e. The van der Waals surface area contributed by atoms with Gasteiger partial charge in [0.2, 0.25) is 0 Å². The monoisotopic (exact) mass is 473 g/mol. The first-order chi connectivity index (χ1) is 16.2. The van der Waals surface area contributed by atoms with Gasteiger partial charge in [0.05, 0.1) is 17.8 Å². The number of aryl methyl sites for hydroxylation is 2. The van der Waals surface area contributed by atoms with E-state index in [4.69, 9.17) is 9.84 Å². The van der Waals surface area contributed by atoms with Crippen LogP contribution in [0.1, 0.15) is 12.1 Å². The molecule has 0 amide bonds. The van der Waals surface area contributed by atoms with Gasteiger partial charge in [-0.2, -0.15) is 5.10 Å². The van der Waals surface area contributed by atoms with Crippen LogP contribution in [-0.2, 0) is 24.8 Å². The van der Waals surface area contributed by atoms with Gasteiger partial charge in [0.15, 0.2) is 0 Å². The average Bonchev–Trinajstić information content (AvgIpc) is 3.33. The van der Waals surface area contributed by atoms with Crippen molar-refractivity contribution >= 4 is 16.9 Å². The molecule has 0 fully saturated rings. The summed E-state index contributed by atoms with van der Waals surface area (Å²) < 4.78 is 50.1. The van der Waals surface area contributed by atoms with Crippen LogP contribution in [0.3, 0.4) is 0 Å². The predicted molar refractivity (Wildman–Crippen MR) is 119 cm³/mol. The van der Waals surface area contributed by atoms with E-state index in [9.17, 15) is 18.0 Å². The van der Waals surface area contributed by atoms with Gasteiger partial charge >= 0.3 is 12.3 Å². The fraction of sp³-hybridized carbons (Fsp3) is 0.250. The van der Waals surface area contributed by atoms with E-state index >= 15 is 0 Å². The molecule has 2 aromatic carbocycles. The molecule has 1 N–H and O–H groups in total. The minimum Gasteiger partial charge on any atom is -0.494 e. The summed E-state index contributed by atoms with van der Waals surface area (Å²) in [4.78, 5) is 11.0. The quantitative estimate of drug-likeness (QED) is 0.345. The van der Waals surface area contributed by atoms with Gasteiger partial charge in [-0.15, -0.1) is 13.2 Å². The van der Waals surface area contributed by atoms with Gasteiger partial charge in [0.25, 0.3) is 0 Å². The van der Waals surface area contributed by atoms with Crippen molar-refractivity contribution in [3.63, 3.8) is 0 Å². The second-order valence-electron chi connectivity index (χ2n) is 7.73. The fourth-order valence-corrected chi connectivity index (χ4v) is 3.69. The molecule has 0 saturated carbocycles. The highest BCUT2D eigenvalue weighted by molar-refractivity contribution is 5.83. The number of alkyl halides is 3. The lowest BCUT2D eigenvalue weighted by atomic mass is 10.1. The lowest BCUT2D eigenvalue weighted by Gasteiger charge is -2.08. The molecular weight excluding hydrogens is 451 g/mol. The van der Waals surface area contributed by atoms with Gasteiger partial charge < -0.3 is 19.1 Å². The maximum atomic E-state index is 12.3. The van der Waals surface area contributed by atoms with Crippen molar-refractivity contribution in [1.29, 1.82) is 0 Å². The van der Waals surface area contributed by atoms with Crippen molar-refractivity contribution < 1.29 is 32.5 Å². The standard InChI is InChI=1S/C24H22F3N3O4/c1-29-18(13-21(28-29)16-4-7-19(8-5-16)34-24(25,26)27)3-2-12-33-20-9-6-17-10-11-30(15-23(31)32)22(17)14-20/h4-11,13-14H,2-3,12,15H2,1H3,(H,31,32). The maximum absolute atomic E-state index is 12.3. The van der Waals surface area contributed by atoms with Crippen LogP contribution >= 0.6 is 0 Å². The van der Waals surface area contributed by atoms with Crippen molar-refractivity contribution in [1.82, 2.24) is 14.3 Å². The number of fused-ring (bicyclic) bond motifs is 1. The van der Waals surface area contributed by atoms with Crippen LogP contribution in [-0.4, -0.2) is 38.4 Å². The summed E-state index contributed by atoms with van der Waals surface area (Å²) in [6, 6.07) is 14.9. The first-order valence-corrected chi connectivity index (χ1v) is 10.5. The highest BCUT2D eigenvalue weighted by Crippen LogP contribution is 2.27. The minimum atomic E-state index is -4.73. The van der Waals surface area contributed by atoms with Crippen LogP contribution in [0.15, 0.2) is 60.8 Å². The Balaban J connectivity index is 1.34. The Morgan fingerprint density at radius 3 is 2.50 bits per heavy atom. The van der Waals surface area contributed by atoms with Crippen LogP contribution in [0.25, 0.3) is 22.2 Å². The number of carbonyl (C=O) groups is 1. The number of carboxylic acid groups (broad SMARTS) is 1. The molecule has 0 aliphatic carbocycles. The third kappa shape index (κ3) is 5.69. The molecule has 4 rings (SSSR count). The molecule has 4 aromatic rings. The Morgan fingerprint density at radius 2 is 1.79 bits per heavy atom. The third-order valence-corrected chi connectivity index (χ3v) is 5.26. The van der Waals surface area contributed by atoms with Crippen molar-refractivity contribution in [2.24, 2.45) is 7.05 Å². The number of halogens is 3. The van der Waals surface area contributed by atoms with Crippen LogP contribution in [0.5, 0.6) is 11.5 Å². The summed E-state index contributed by atoms with van der Waals surface area (Å²) in [7, 11) is 1.81. The zero-order valence-corrected chi connectivity index (χ0v) is 18.2. The van der Waals surface area contributed by atoms with Crippen molar-refractivity contribution in [3.8, 4) is 22.8 Å². The third-order valence-electron chi connectivity index (χ3n) is 5.26. The van der Waals surface area contributed by atoms with Gasteiger partial charge in [-0.25, -0.2) is 0 Å². The van der Waals surface area contributed by atoms with E-state index in [0.29, 0.717) is 36.5 Å². The molecule has 7 nitrogen and oxygen atoms in total. The number of nitrogens with zero attached hydrogens (tertiary/aromatic N) is 3. The Kier molecular flexibility index (Phi) is 6.49. The van der Waals surface area contributed by atoms with Gasteiger partial charge in [-0.1, -0.05) is 0 Å². The number of ether oxygens (including phenoxy) is 2. The Labute approximate surface area is 192 Å². The molecule has 2 aromatic heterocycles. The summed E-state index contributed by atoms with van der Waals surface area (Å²) in [5, 5.41) is 14.4. The van der Waals surface area contributed by atoms with E-state index in [1.54, 1.807) is 15.4 Å². The van der Waals surface area contributed by atoms with Crippen LogP contribution in [0.2, 0.25) is 0 Å². The molecule has 34 heavy (non-hydrogen) atoms. The summed E-state index contributed by atoms with van der Waals surface area (Å²) in [5.74, 6) is -0.535. The van der Waals surface area contributed by atoms with Gasteiger partial charge in [-0.3, -0.25) is 9.48 Å². The molecule has 0 bridgehead atoms. The molecule has 0 atom stereocenters. The second kappa shape index (κ2) is 9.50. The Hall–Kier alpha value is -3.95. The minimum absolute atomic E-state index is 0.117. The molecule has 0 unspecified atom stereocenters. The van der Waals surface area contributed by atoms with E-state index in [-0.39, 0.29) is 12.3 Å². The van der Waals surface area contributed by atoms with Crippen molar-refractivity contribution in [2.75, 3.05) is 6.61 Å². The van der Waals surface area contributed by atoms with E-state index in [2.05, 4.69) is 9.84 Å². The van der Waals surface area contributed by atoms with E-state index in [1.165, 1.54) is 24.3 Å². The van der Waals surface area contributed by atoms with Crippen LogP contribution in [0.4, 0.5) is 13.2 Å². The molecule has 0 radical (unpaired) electrons. The SMILES string of the molecule is Cn1nc(-c2ccc(OC(F)(F)F)cc2)cc1CCCOc1ccc2ccn(CC(=O)O)c2c1. The highest BCUT2D eigenvalue weighted by Gasteiger charge is 2.31. The van der Waals surface area contributed by atoms with Gasteiger partial charge in [-0.05, 0) is 66.8 Å². The van der Waals surface area contributed by atoms with Crippen molar-refractivity contribution in [3.05, 3.63) is 66.5 Å². The van der Waals surface area contributed by atoms with Crippen LogP contribution in [0, 0.1) is 0 Å². The number of aliphatic carboxylic acids is 1. The lowest BCUT2D eigenvalue weighted by molar-refractivity contribution is -0.274. The lowest BCUT2D eigenvalue weighted by Crippen LogP contribution is -2.16. The van der Waals surface area contributed by atoms with E-state index in [1.807, 2.05) is 37.4 Å². The highest BCUT2D eigenvalue weighted by atomic mass is 19.4. The number of carboxylic acids is 1. The normalized spacial score (nSPS) is 11.6. The fourth-order valence-electron chi connectivity index (χ4n) is 3.69. The Bertz CT molecular complexity index is 1290. The molecule has 0 saturated heterocycles. The maximum Gasteiger partial charge on any atom is 0.573 e. The topological polar surface area (TPSA) is 78.5 Å². The Morgan fingerprint density at radius 1 is 1.06 bits per heavy atom. The predicted octanol–water partition coefficient (Wildman–Crippen LogP) is 5.04. The molecule has 2 heterocycles. The number of rotatable bonds is 9. The number of benzene rings is 2. The first-order valence-electron chi connectivity index (χ1n) is 10.5. The van der Waals surface area contributed by atoms with E-state index in [0.717, 1.165) is 16.6 Å². The smallest absolute Gasteiger partial charge is 0.494 e. The summed E-state index contributed by atoms with van der Waals surface area (Å²) in [6.45, 7) is 0.336. The molecule has 10 heteroatoms. The van der Waals surface area contributed by atoms with Crippen LogP contribution < -0.4 is 9.47 Å². The van der Waals surface area contributed by atoms with E-state index < -0.39 is 12.3 Å².